The maximum atomic E-state index is 4.55. The highest BCUT2D eigenvalue weighted by Crippen LogP contribution is 2.23. The molecular formula is C13H24N4S. The van der Waals surface area contributed by atoms with Gasteiger partial charge in [-0.15, -0.1) is 11.3 Å². The molecule has 1 aromatic rings. The lowest BCUT2D eigenvalue weighted by atomic mass is 10.2. The van der Waals surface area contributed by atoms with Gasteiger partial charge in [0.15, 0.2) is 5.13 Å². The van der Waals surface area contributed by atoms with Crippen LogP contribution in [0.3, 0.4) is 0 Å². The number of likely N-dealkylation sites (N-methyl/N-ethyl adjacent to an activating group) is 1. The molecule has 0 aromatic carbocycles. The van der Waals surface area contributed by atoms with E-state index < -0.39 is 0 Å². The molecule has 0 spiro atoms. The van der Waals surface area contributed by atoms with Gasteiger partial charge in [-0.3, -0.25) is 0 Å². The van der Waals surface area contributed by atoms with Crippen molar-refractivity contribution in [2.45, 2.75) is 20.4 Å². The van der Waals surface area contributed by atoms with E-state index in [4.69, 9.17) is 0 Å². The SMILES string of the molecule is CC(C)CNCc1cnc(N2CCN(C)CC2)s1. The van der Waals surface area contributed by atoms with Gasteiger partial charge >= 0.3 is 0 Å². The van der Waals surface area contributed by atoms with Crippen LogP contribution in [-0.2, 0) is 6.54 Å². The third-order valence-corrected chi connectivity index (χ3v) is 4.23. The summed E-state index contributed by atoms with van der Waals surface area (Å²) in [6, 6.07) is 0. The molecule has 102 valence electrons. The standard InChI is InChI=1S/C13H24N4S/c1-11(2)8-14-9-12-10-15-13(18-12)17-6-4-16(3)5-7-17/h10-11,14H,4-9H2,1-3H3. The van der Waals surface area contributed by atoms with Crippen molar-refractivity contribution in [3.8, 4) is 0 Å². The molecule has 1 aliphatic rings. The van der Waals surface area contributed by atoms with Crippen molar-refractivity contribution in [1.82, 2.24) is 15.2 Å². The van der Waals surface area contributed by atoms with Gasteiger partial charge in [0.1, 0.15) is 0 Å². The Bertz CT molecular complexity index is 356. The Kier molecular flexibility index (Phi) is 4.97. The van der Waals surface area contributed by atoms with Crippen molar-refractivity contribution < 1.29 is 0 Å². The van der Waals surface area contributed by atoms with E-state index in [-0.39, 0.29) is 0 Å². The molecule has 0 amide bonds. The molecule has 1 fully saturated rings. The number of anilines is 1. The van der Waals surface area contributed by atoms with Gasteiger partial charge in [0.25, 0.3) is 0 Å². The first kappa shape index (κ1) is 13.8. The van der Waals surface area contributed by atoms with Crippen LogP contribution in [0.25, 0.3) is 0 Å². The van der Waals surface area contributed by atoms with Crippen LogP contribution in [0.5, 0.6) is 0 Å². The molecule has 0 atom stereocenters. The maximum Gasteiger partial charge on any atom is 0.185 e. The molecule has 2 rings (SSSR count). The van der Waals surface area contributed by atoms with Gasteiger partial charge in [-0.2, -0.15) is 0 Å². The van der Waals surface area contributed by atoms with Gasteiger partial charge in [-0.25, -0.2) is 4.98 Å². The number of rotatable bonds is 5. The summed E-state index contributed by atoms with van der Waals surface area (Å²) < 4.78 is 0. The van der Waals surface area contributed by atoms with Crippen LogP contribution < -0.4 is 10.2 Å². The van der Waals surface area contributed by atoms with Crippen molar-refractivity contribution in [2.75, 3.05) is 44.7 Å². The topological polar surface area (TPSA) is 31.4 Å². The van der Waals surface area contributed by atoms with Gasteiger partial charge in [0.05, 0.1) is 0 Å². The summed E-state index contributed by atoms with van der Waals surface area (Å²) in [6.07, 6.45) is 2.02. The third-order valence-electron chi connectivity index (χ3n) is 3.17. The third kappa shape index (κ3) is 3.93. The van der Waals surface area contributed by atoms with E-state index >= 15 is 0 Å². The number of aromatic nitrogens is 1. The highest BCUT2D eigenvalue weighted by atomic mass is 32.1. The zero-order valence-corrected chi connectivity index (χ0v) is 12.5. The van der Waals surface area contributed by atoms with Gasteiger partial charge < -0.3 is 15.1 Å². The predicted molar refractivity (Wildman–Crippen MR) is 78.4 cm³/mol. The monoisotopic (exact) mass is 268 g/mol. The summed E-state index contributed by atoms with van der Waals surface area (Å²) in [5.41, 5.74) is 0. The smallest absolute Gasteiger partial charge is 0.185 e. The van der Waals surface area contributed by atoms with Crippen LogP contribution >= 0.6 is 11.3 Å². The molecule has 1 aromatic heterocycles. The van der Waals surface area contributed by atoms with Crippen LogP contribution in [0.15, 0.2) is 6.20 Å². The summed E-state index contributed by atoms with van der Waals surface area (Å²) in [4.78, 5) is 10.7. The van der Waals surface area contributed by atoms with Gasteiger partial charge in [-0.1, -0.05) is 13.8 Å². The number of piperazine rings is 1. The fourth-order valence-corrected chi connectivity index (χ4v) is 2.94. The van der Waals surface area contributed by atoms with E-state index in [1.165, 1.54) is 10.0 Å². The first-order valence-corrected chi connectivity index (χ1v) is 7.55. The number of nitrogens with one attached hydrogen (secondary N) is 1. The summed E-state index contributed by atoms with van der Waals surface area (Å²) in [5, 5.41) is 4.65. The fraction of sp³-hybridized carbons (Fsp3) is 0.769. The normalized spacial score (nSPS) is 17.7. The minimum Gasteiger partial charge on any atom is -0.346 e. The van der Waals surface area contributed by atoms with Crippen LogP contribution in [-0.4, -0.2) is 49.7 Å². The summed E-state index contributed by atoms with van der Waals surface area (Å²) in [6.45, 7) is 11.0. The van der Waals surface area contributed by atoms with Crippen molar-refractivity contribution >= 4 is 16.5 Å². The van der Waals surface area contributed by atoms with Crippen molar-refractivity contribution in [2.24, 2.45) is 5.92 Å². The molecule has 4 nitrogen and oxygen atoms in total. The largest absolute Gasteiger partial charge is 0.346 e. The number of nitrogens with zero attached hydrogens (tertiary/aromatic N) is 3. The molecule has 1 saturated heterocycles. The van der Waals surface area contributed by atoms with Crippen LogP contribution in [0.4, 0.5) is 5.13 Å². The second-order valence-electron chi connectivity index (χ2n) is 5.42. The van der Waals surface area contributed by atoms with Crippen molar-refractivity contribution in [3.63, 3.8) is 0 Å². The molecule has 0 radical (unpaired) electrons. The van der Waals surface area contributed by atoms with Crippen LogP contribution in [0.1, 0.15) is 18.7 Å². The first-order chi connectivity index (χ1) is 8.65. The average molecular weight is 268 g/mol. The maximum absolute atomic E-state index is 4.55. The lowest BCUT2D eigenvalue weighted by Gasteiger charge is -2.32. The fourth-order valence-electron chi connectivity index (χ4n) is 2.01. The summed E-state index contributed by atoms with van der Waals surface area (Å²) in [7, 11) is 2.18. The lowest BCUT2D eigenvalue weighted by Crippen LogP contribution is -2.44. The zero-order chi connectivity index (χ0) is 13.0. The van der Waals surface area contributed by atoms with Gasteiger partial charge in [0, 0.05) is 43.8 Å². The molecule has 0 saturated carbocycles. The molecule has 0 unspecified atom stereocenters. The van der Waals surface area contributed by atoms with Gasteiger partial charge in [-0.05, 0) is 19.5 Å². The molecule has 1 aliphatic heterocycles. The summed E-state index contributed by atoms with van der Waals surface area (Å²) in [5.74, 6) is 0.704. The Balaban J connectivity index is 1.82. The molecular weight excluding hydrogens is 244 g/mol. The Labute approximate surface area is 114 Å². The van der Waals surface area contributed by atoms with E-state index in [1.807, 2.05) is 17.5 Å². The Morgan fingerprint density at radius 2 is 2.06 bits per heavy atom. The second kappa shape index (κ2) is 6.50. The number of hydrogen-bond acceptors (Lipinski definition) is 5. The number of hydrogen-bond donors (Lipinski definition) is 1. The van der Waals surface area contributed by atoms with Gasteiger partial charge in [0.2, 0.25) is 0 Å². The predicted octanol–water partition coefficient (Wildman–Crippen LogP) is 1.64. The lowest BCUT2D eigenvalue weighted by molar-refractivity contribution is 0.313. The second-order valence-corrected chi connectivity index (χ2v) is 6.52. The van der Waals surface area contributed by atoms with Crippen molar-refractivity contribution in [1.29, 1.82) is 0 Å². The van der Waals surface area contributed by atoms with E-state index in [9.17, 15) is 0 Å². The highest BCUT2D eigenvalue weighted by molar-refractivity contribution is 7.15. The highest BCUT2D eigenvalue weighted by Gasteiger charge is 2.16. The quantitative estimate of drug-likeness (QED) is 0.880. The molecule has 1 N–H and O–H groups in total. The zero-order valence-electron chi connectivity index (χ0n) is 11.6. The minimum absolute atomic E-state index is 0.704. The number of thiazole rings is 1. The van der Waals surface area contributed by atoms with E-state index in [1.54, 1.807) is 0 Å². The van der Waals surface area contributed by atoms with E-state index in [2.05, 4.69) is 41.0 Å². The minimum atomic E-state index is 0.704. The molecule has 0 bridgehead atoms. The van der Waals surface area contributed by atoms with Crippen molar-refractivity contribution in [3.05, 3.63) is 11.1 Å². The molecule has 0 aliphatic carbocycles. The average Bonchev–Trinajstić information content (AvgIpc) is 2.78. The van der Waals surface area contributed by atoms with Crippen LogP contribution in [0, 0.1) is 5.92 Å². The molecule has 5 heteroatoms. The van der Waals surface area contributed by atoms with Crippen LogP contribution in [0.2, 0.25) is 0 Å². The Hall–Kier alpha value is -0.650. The molecule has 18 heavy (non-hydrogen) atoms. The van der Waals surface area contributed by atoms with E-state index in [0.29, 0.717) is 5.92 Å². The summed E-state index contributed by atoms with van der Waals surface area (Å²) >= 11 is 1.83. The first-order valence-electron chi connectivity index (χ1n) is 6.74. The van der Waals surface area contributed by atoms with E-state index in [0.717, 1.165) is 39.3 Å². The Morgan fingerprint density at radius 3 is 2.72 bits per heavy atom. The Morgan fingerprint density at radius 1 is 1.33 bits per heavy atom. The molecule has 2 heterocycles.